The Bertz CT molecular complexity index is 1370. The average Bonchev–Trinajstić information content (AvgIpc) is 3.34. The van der Waals surface area contributed by atoms with E-state index < -0.39 is 11.0 Å². The fourth-order valence-corrected chi connectivity index (χ4v) is 5.84. The van der Waals surface area contributed by atoms with Crippen LogP contribution < -0.4 is 11.1 Å². The number of amides is 2. The highest BCUT2D eigenvalue weighted by Crippen LogP contribution is 2.28. The number of nitrogens with one attached hydrogen (secondary N) is 1. The number of imidazole rings is 1. The van der Waals surface area contributed by atoms with Crippen LogP contribution in [0.25, 0.3) is 0 Å². The van der Waals surface area contributed by atoms with E-state index in [0.717, 1.165) is 42.6 Å². The molecule has 1 aliphatic carbocycles. The number of aromatic nitrogens is 3. The number of rotatable bonds is 7. The maximum absolute atomic E-state index is 13.9. The van der Waals surface area contributed by atoms with Crippen molar-refractivity contribution in [1.82, 2.24) is 24.8 Å². The van der Waals surface area contributed by atoms with Gasteiger partial charge >= 0.3 is 0 Å². The van der Waals surface area contributed by atoms with Crippen molar-refractivity contribution in [1.29, 1.82) is 0 Å². The zero-order chi connectivity index (χ0) is 27.5. The van der Waals surface area contributed by atoms with E-state index in [-0.39, 0.29) is 36.1 Å². The number of hydrogen-bond donors (Lipinski definition) is 2. The quantitative estimate of drug-likeness (QED) is 0.260. The number of carbonyl (C=O) groups is 2. The minimum Gasteiger partial charge on any atom is -0.352 e. The SMILES string of the molecule is CSc1ncccc1C(=O)N1Cc2c(ncn2Cc2ccc([N+](=O)[O-])cc2)CC1C(=O)NC1CCC(N)CC1. The summed E-state index contributed by atoms with van der Waals surface area (Å²) in [6.07, 6.45) is 8.88. The standard InChI is InChI=1S/C27H31N7O4S/c1-39-26-21(3-2-12-29-26)27(36)33-15-24-22(13-23(33)25(35)31-19-8-6-18(28)7-9-19)30-16-32(24)14-17-4-10-20(11-5-17)34(37)38/h2-5,10-12,16,18-19,23H,6-9,13-15,28H2,1H3,(H,31,35). The van der Waals surface area contributed by atoms with Gasteiger partial charge in [-0.15, -0.1) is 11.8 Å². The molecule has 3 heterocycles. The van der Waals surface area contributed by atoms with Crippen LogP contribution in [0.4, 0.5) is 5.69 Å². The first-order chi connectivity index (χ1) is 18.8. The summed E-state index contributed by atoms with van der Waals surface area (Å²) in [4.78, 5) is 48.7. The van der Waals surface area contributed by atoms with Gasteiger partial charge in [0.2, 0.25) is 5.91 Å². The molecule has 0 bridgehead atoms. The Morgan fingerprint density at radius 3 is 2.59 bits per heavy atom. The molecule has 2 aromatic heterocycles. The van der Waals surface area contributed by atoms with Crippen molar-refractivity contribution in [3.8, 4) is 0 Å². The first kappa shape index (κ1) is 26.8. The molecule has 12 heteroatoms. The molecule has 1 aliphatic heterocycles. The summed E-state index contributed by atoms with van der Waals surface area (Å²) in [5.41, 5.74) is 8.99. The minimum atomic E-state index is -0.710. The first-order valence-corrected chi connectivity index (χ1v) is 14.2. The van der Waals surface area contributed by atoms with Gasteiger partial charge in [-0.1, -0.05) is 12.1 Å². The Morgan fingerprint density at radius 1 is 1.15 bits per heavy atom. The zero-order valence-electron chi connectivity index (χ0n) is 21.7. The number of thioether (sulfide) groups is 1. The van der Waals surface area contributed by atoms with Crippen LogP contribution in [0.5, 0.6) is 0 Å². The highest BCUT2D eigenvalue weighted by molar-refractivity contribution is 7.98. The Labute approximate surface area is 230 Å². The molecule has 2 amide bonds. The van der Waals surface area contributed by atoms with Gasteiger partial charge in [-0.25, -0.2) is 9.97 Å². The van der Waals surface area contributed by atoms with Crippen molar-refractivity contribution in [2.45, 2.75) is 68.3 Å². The van der Waals surface area contributed by atoms with Crippen LogP contribution in [0.2, 0.25) is 0 Å². The van der Waals surface area contributed by atoms with E-state index in [1.165, 1.54) is 23.9 Å². The number of hydrogen-bond acceptors (Lipinski definition) is 8. The fraction of sp³-hybridized carbons (Fsp3) is 0.407. The zero-order valence-corrected chi connectivity index (χ0v) is 22.5. The lowest BCUT2D eigenvalue weighted by molar-refractivity contribution is -0.384. The van der Waals surface area contributed by atoms with Crippen LogP contribution in [0.3, 0.4) is 0 Å². The van der Waals surface area contributed by atoms with Crippen molar-refractivity contribution in [2.75, 3.05) is 6.26 Å². The second kappa shape index (κ2) is 11.5. The second-order valence-electron chi connectivity index (χ2n) is 10.0. The molecule has 2 aliphatic rings. The van der Waals surface area contributed by atoms with Crippen LogP contribution >= 0.6 is 11.8 Å². The van der Waals surface area contributed by atoms with Crippen molar-refractivity contribution in [3.05, 3.63) is 81.6 Å². The summed E-state index contributed by atoms with van der Waals surface area (Å²) in [6.45, 7) is 0.641. The monoisotopic (exact) mass is 549 g/mol. The number of benzene rings is 1. The van der Waals surface area contributed by atoms with E-state index >= 15 is 0 Å². The van der Waals surface area contributed by atoms with Crippen LogP contribution in [0, 0.1) is 10.1 Å². The van der Waals surface area contributed by atoms with Gasteiger partial charge in [0.1, 0.15) is 11.1 Å². The number of pyridine rings is 1. The Balaban J connectivity index is 1.43. The Hall–Kier alpha value is -3.77. The van der Waals surface area contributed by atoms with Gasteiger partial charge in [-0.3, -0.25) is 19.7 Å². The van der Waals surface area contributed by atoms with Crippen molar-refractivity contribution < 1.29 is 14.5 Å². The third-order valence-electron chi connectivity index (χ3n) is 7.49. The van der Waals surface area contributed by atoms with Crippen molar-refractivity contribution in [2.24, 2.45) is 5.73 Å². The van der Waals surface area contributed by atoms with Crippen molar-refractivity contribution >= 4 is 29.3 Å². The Kier molecular flexibility index (Phi) is 7.94. The van der Waals surface area contributed by atoms with Crippen LogP contribution in [-0.2, 0) is 24.3 Å². The van der Waals surface area contributed by atoms with E-state index in [1.807, 2.05) is 10.8 Å². The predicted molar refractivity (Wildman–Crippen MR) is 146 cm³/mol. The lowest BCUT2D eigenvalue weighted by atomic mass is 9.91. The average molecular weight is 550 g/mol. The number of non-ortho nitro benzene ring substituents is 1. The minimum absolute atomic E-state index is 0.0260. The lowest BCUT2D eigenvalue weighted by Gasteiger charge is -2.36. The molecular formula is C27H31N7O4S. The molecule has 0 spiro atoms. The maximum atomic E-state index is 13.9. The van der Waals surface area contributed by atoms with E-state index in [0.29, 0.717) is 23.6 Å². The lowest BCUT2D eigenvalue weighted by Crippen LogP contribution is -2.55. The highest BCUT2D eigenvalue weighted by Gasteiger charge is 2.39. The second-order valence-corrected chi connectivity index (χ2v) is 10.8. The first-order valence-electron chi connectivity index (χ1n) is 13.0. The van der Waals surface area contributed by atoms with Crippen LogP contribution in [0.15, 0.2) is 53.9 Å². The van der Waals surface area contributed by atoms with Crippen LogP contribution in [0.1, 0.15) is 53.0 Å². The largest absolute Gasteiger partial charge is 0.352 e. The smallest absolute Gasteiger partial charge is 0.269 e. The highest BCUT2D eigenvalue weighted by atomic mass is 32.2. The van der Waals surface area contributed by atoms with Gasteiger partial charge in [-0.2, -0.15) is 0 Å². The summed E-state index contributed by atoms with van der Waals surface area (Å²) in [5.74, 6) is -0.444. The number of nitro benzene ring substituents is 1. The normalized spacial score (nSPS) is 20.8. The number of nitro groups is 1. The summed E-state index contributed by atoms with van der Waals surface area (Å²) in [5, 5.41) is 14.8. The Morgan fingerprint density at radius 2 is 1.90 bits per heavy atom. The third kappa shape index (κ3) is 5.81. The van der Waals surface area contributed by atoms with E-state index in [4.69, 9.17) is 5.73 Å². The maximum Gasteiger partial charge on any atom is 0.269 e. The summed E-state index contributed by atoms with van der Waals surface area (Å²) in [6, 6.07) is 9.33. The fourth-order valence-electron chi connectivity index (χ4n) is 5.30. The number of nitrogens with zero attached hydrogens (tertiary/aromatic N) is 5. The van der Waals surface area contributed by atoms with E-state index in [1.54, 1.807) is 41.7 Å². The molecule has 1 unspecified atom stereocenters. The van der Waals surface area contributed by atoms with Gasteiger partial charge in [0.15, 0.2) is 0 Å². The molecule has 204 valence electrons. The summed E-state index contributed by atoms with van der Waals surface area (Å²) in [7, 11) is 0. The molecule has 1 atom stereocenters. The molecular weight excluding hydrogens is 518 g/mol. The molecule has 1 aromatic carbocycles. The van der Waals surface area contributed by atoms with Gasteiger partial charge in [0.25, 0.3) is 11.6 Å². The van der Waals surface area contributed by atoms with Gasteiger partial charge < -0.3 is 20.5 Å². The molecule has 0 saturated heterocycles. The van der Waals surface area contributed by atoms with E-state index in [9.17, 15) is 19.7 Å². The van der Waals surface area contributed by atoms with Crippen molar-refractivity contribution in [3.63, 3.8) is 0 Å². The predicted octanol–water partition coefficient (Wildman–Crippen LogP) is 2.91. The molecule has 11 nitrogen and oxygen atoms in total. The third-order valence-corrected chi connectivity index (χ3v) is 8.20. The van der Waals surface area contributed by atoms with Gasteiger partial charge in [0, 0.05) is 43.4 Å². The molecule has 3 aromatic rings. The summed E-state index contributed by atoms with van der Waals surface area (Å²) < 4.78 is 1.94. The number of fused-ring (bicyclic) bond motifs is 1. The number of carbonyl (C=O) groups excluding carboxylic acids is 2. The van der Waals surface area contributed by atoms with Crippen LogP contribution in [-0.4, -0.2) is 60.6 Å². The van der Waals surface area contributed by atoms with E-state index in [2.05, 4.69) is 15.3 Å². The van der Waals surface area contributed by atoms with Gasteiger partial charge in [0.05, 0.1) is 34.7 Å². The molecule has 1 fully saturated rings. The molecule has 39 heavy (non-hydrogen) atoms. The summed E-state index contributed by atoms with van der Waals surface area (Å²) >= 11 is 1.38. The number of nitrogens with two attached hydrogens (primary N) is 1. The molecule has 1 saturated carbocycles. The molecule has 0 radical (unpaired) electrons. The van der Waals surface area contributed by atoms with Gasteiger partial charge in [-0.05, 0) is 49.6 Å². The molecule has 3 N–H and O–H groups in total. The topological polar surface area (TPSA) is 149 Å². The molecule has 5 rings (SSSR count).